The first-order chi connectivity index (χ1) is 9.70. The molecule has 1 aromatic carbocycles. The van der Waals surface area contributed by atoms with Crippen LogP contribution in [0.1, 0.15) is 11.4 Å². The molecule has 2 heterocycles. The predicted octanol–water partition coefficient (Wildman–Crippen LogP) is 4.10. The fourth-order valence-electron chi connectivity index (χ4n) is 2.07. The van der Waals surface area contributed by atoms with E-state index in [0.29, 0.717) is 5.95 Å². The molecule has 0 saturated heterocycles. The Morgan fingerprint density at radius 3 is 2.25 bits per heavy atom. The molecule has 0 amide bonds. The van der Waals surface area contributed by atoms with Crippen LogP contribution >= 0.6 is 0 Å². The van der Waals surface area contributed by atoms with Crippen LogP contribution in [0.15, 0.2) is 53.1 Å². The summed E-state index contributed by atoms with van der Waals surface area (Å²) in [6, 6.07) is 13.7. The molecule has 0 saturated carbocycles. The van der Waals surface area contributed by atoms with Gasteiger partial charge in [0.2, 0.25) is 5.95 Å². The largest absolute Gasteiger partial charge is 0.464 e. The molecule has 100 valence electrons. The van der Waals surface area contributed by atoms with Gasteiger partial charge in [0, 0.05) is 22.6 Å². The van der Waals surface area contributed by atoms with Crippen LogP contribution < -0.4 is 5.32 Å². The van der Waals surface area contributed by atoms with Crippen LogP contribution in [0.3, 0.4) is 0 Å². The summed E-state index contributed by atoms with van der Waals surface area (Å²) in [4.78, 5) is 8.72. The Morgan fingerprint density at radius 1 is 0.950 bits per heavy atom. The van der Waals surface area contributed by atoms with Crippen LogP contribution in [-0.2, 0) is 0 Å². The van der Waals surface area contributed by atoms with Crippen LogP contribution in [-0.4, -0.2) is 9.97 Å². The van der Waals surface area contributed by atoms with Crippen LogP contribution in [0.2, 0.25) is 0 Å². The number of nitrogens with one attached hydrogen (secondary N) is 1. The lowest BCUT2D eigenvalue weighted by Crippen LogP contribution is -1.99. The van der Waals surface area contributed by atoms with Crippen molar-refractivity contribution in [3.63, 3.8) is 0 Å². The maximum Gasteiger partial charge on any atom is 0.227 e. The van der Waals surface area contributed by atoms with Gasteiger partial charge in [-0.2, -0.15) is 0 Å². The van der Waals surface area contributed by atoms with E-state index in [-0.39, 0.29) is 0 Å². The maximum atomic E-state index is 5.36. The Balaban J connectivity index is 1.81. The number of anilines is 2. The summed E-state index contributed by atoms with van der Waals surface area (Å²) in [5.74, 6) is 1.48. The standard InChI is InChI=1S/C16H15N3O/c1-11-10-12(2)18-16(17-11)19-14-7-5-13(6-8-14)15-4-3-9-20-15/h3-10H,1-2H3,(H,17,18,19). The van der Waals surface area contributed by atoms with Gasteiger partial charge in [0.05, 0.1) is 6.26 Å². The highest BCUT2D eigenvalue weighted by molar-refractivity contribution is 5.63. The highest BCUT2D eigenvalue weighted by Crippen LogP contribution is 2.22. The normalized spacial score (nSPS) is 10.5. The first kappa shape index (κ1) is 12.4. The van der Waals surface area contributed by atoms with E-state index >= 15 is 0 Å². The Hall–Kier alpha value is -2.62. The summed E-state index contributed by atoms with van der Waals surface area (Å²) >= 11 is 0. The van der Waals surface area contributed by atoms with Crippen molar-refractivity contribution < 1.29 is 4.42 Å². The van der Waals surface area contributed by atoms with Gasteiger partial charge in [0.25, 0.3) is 0 Å². The number of aromatic nitrogens is 2. The van der Waals surface area contributed by atoms with Crippen molar-refractivity contribution in [2.45, 2.75) is 13.8 Å². The third-order valence-electron chi connectivity index (χ3n) is 2.93. The van der Waals surface area contributed by atoms with Crippen molar-refractivity contribution in [2.75, 3.05) is 5.32 Å². The van der Waals surface area contributed by atoms with E-state index in [2.05, 4.69) is 15.3 Å². The second-order valence-electron chi connectivity index (χ2n) is 4.65. The number of rotatable bonds is 3. The highest BCUT2D eigenvalue weighted by atomic mass is 16.3. The minimum atomic E-state index is 0.619. The van der Waals surface area contributed by atoms with Gasteiger partial charge in [-0.25, -0.2) is 9.97 Å². The van der Waals surface area contributed by atoms with Crippen LogP contribution in [0.4, 0.5) is 11.6 Å². The SMILES string of the molecule is Cc1cc(C)nc(Nc2ccc(-c3ccco3)cc2)n1. The molecule has 0 spiro atoms. The summed E-state index contributed by atoms with van der Waals surface area (Å²) < 4.78 is 5.36. The molecule has 0 aliphatic rings. The third kappa shape index (κ3) is 2.69. The molecule has 0 aliphatic heterocycles. The smallest absolute Gasteiger partial charge is 0.227 e. The van der Waals surface area contributed by atoms with Gasteiger partial charge < -0.3 is 9.73 Å². The highest BCUT2D eigenvalue weighted by Gasteiger charge is 2.02. The molecule has 0 bridgehead atoms. The topological polar surface area (TPSA) is 51.0 Å². The lowest BCUT2D eigenvalue weighted by atomic mass is 10.1. The summed E-state index contributed by atoms with van der Waals surface area (Å²) in [5, 5.41) is 3.21. The Labute approximate surface area is 117 Å². The number of furan rings is 1. The monoisotopic (exact) mass is 265 g/mol. The number of aryl methyl sites for hydroxylation is 2. The molecular weight excluding hydrogens is 250 g/mol. The van der Waals surface area contributed by atoms with Crippen molar-refractivity contribution in [1.82, 2.24) is 9.97 Å². The van der Waals surface area contributed by atoms with Gasteiger partial charge in [-0.3, -0.25) is 0 Å². The van der Waals surface area contributed by atoms with E-state index in [1.807, 2.05) is 56.3 Å². The molecule has 0 atom stereocenters. The number of hydrogen-bond acceptors (Lipinski definition) is 4. The number of nitrogens with zero attached hydrogens (tertiary/aromatic N) is 2. The van der Waals surface area contributed by atoms with Crippen LogP contribution in [0, 0.1) is 13.8 Å². The average Bonchev–Trinajstić information content (AvgIpc) is 2.92. The van der Waals surface area contributed by atoms with Gasteiger partial charge in [0.15, 0.2) is 0 Å². The van der Waals surface area contributed by atoms with Gasteiger partial charge in [0.1, 0.15) is 5.76 Å². The second-order valence-corrected chi connectivity index (χ2v) is 4.65. The Kier molecular flexibility index (Phi) is 3.21. The van der Waals surface area contributed by atoms with E-state index in [4.69, 9.17) is 4.42 Å². The van der Waals surface area contributed by atoms with Crippen molar-refractivity contribution in [2.24, 2.45) is 0 Å². The van der Waals surface area contributed by atoms with Gasteiger partial charge in [-0.1, -0.05) is 0 Å². The average molecular weight is 265 g/mol. The summed E-state index contributed by atoms with van der Waals surface area (Å²) in [5.41, 5.74) is 3.90. The molecule has 20 heavy (non-hydrogen) atoms. The minimum absolute atomic E-state index is 0.619. The molecule has 0 fully saturated rings. The van der Waals surface area contributed by atoms with E-state index < -0.39 is 0 Å². The Bertz CT molecular complexity index is 683. The zero-order chi connectivity index (χ0) is 13.9. The lowest BCUT2D eigenvalue weighted by molar-refractivity contribution is 0.582. The fraction of sp³-hybridized carbons (Fsp3) is 0.125. The van der Waals surface area contributed by atoms with Crippen molar-refractivity contribution in [3.8, 4) is 11.3 Å². The lowest BCUT2D eigenvalue weighted by Gasteiger charge is -2.07. The fourth-order valence-corrected chi connectivity index (χ4v) is 2.07. The zero-order valence-electron chi connectivity index (χ0n) is 11.4. The van der Waals surface area contributed by atoms with E-state index in [9.17, 15) is 0 Å². The predicted molar refractivity (Wildman–Crippen MR) is 78.9 cm³/mol. The van der Waals surface area contributed by atoms with Crippen molar-refractivity contribution in [3.05, 3.63) is 60.1 Å². The summed E-state index contributed by atoms with van der Waals surface area (Å²) in [6.45, 7) is 3.92. The van der Waals surface area contributed by atoms with Gasteiger partial charge in [-0.05, 0) is 56.3 Å². The Morgan fingerprint density at radius 2 is 1.65 bits per heavy atom. The molecule has 2 aromatic heterocycles. The molecule has 3 rings (SSSR count). The minimum Gasteiger partial charge on any atom is -0.464 e. The molecule has 0 unspecified atom stereocenters. The quantitative estimate of drug-likeness (QED) is 0.774. The summed E-state index contributed by atoms with van der Waals surface area (Å²) in [7, 11) is 0. The van der Waals surface area contributed by atoms with E-state index in [0.717, 1.165) is 28.4 Å². The van der Waals surface area contributed by atoms with Crippen LogP contribution in [0.5, 0.6) is 0 Å². The molecule has 4 heteroatoms. The van der Waals surface area contributed by atoms with Crippen molar-refractivity contribution in [1.29, 1.82) is 0 Å². The van der Waals surface area contributed by atoms with Gasteiger partial charge in [-0.15, -0.1) is 0 Å². The maximum absolute atomic E-state index is 5.36. The third-order valence-corrected chi connectivity index (χ3v) is 2.93. The molecule has 0 aliphatic carbocycles. The molecule has 4 nitrogen and oxygen atoms in total. The number of hydrogen-bond donors (Lipinski definition) is 1. The molecule has 3 aromatic rings. The van der Waals surface area contributed by atoms with Gasteiger partial charge >= 0.3 is 0 Å². The molecule has 1 N–H and O–H groups in total. The van der Waals surface area contributed by atoms with Crippen molar-refractivity contribution >= 4 is 11.6 Å². The van der Waals surface area contributed by atoms with E-state index in [1.165, 1.54) is 0 Å². The first-order valence-corrected chi connectivity index (χ1v) is 6.44. The number of benzene rings is 1. The summed E-state index contributed by atoms with van der Waals surface area (Å²) in [6.07, 6.45) is 1.67. The molecule has 0 radical (unpaired) electrons. The van der Waals surface area contributed by atoms with Crippen LogP contribution in [0.25, 0.3) is 11.3 Å². The molecular formula is C16H15N3O. The zero-order valence-corrected chi connectivity index (χ0v) is 11.4. The van der Waals surface area contributed by atoms with E-state index in [1.54, 1.807) is 6.26 Å². The first-order valence-electron chi connectivity index (χ1n) is 6.44. The second kappa shape index (κ2) is 5.17.